The molecule has 0 bridgehead atoms. The summed E-state index contributed by atoms with van der Waals surface area (Å²) in [6, 6.07) is 9.27. The Balaban J connectivity index is 2.21. The molecule has 0 radical (unpaired) electrons. The summed E-state index contributed by atoms with van der Waals surface area (Å²) in [5.41, 5.74) is 0.625. The van der Waals surface area contributed by atoms with Crippen molar-refractivity contribution in [3.8, 4) is 0 Å². The first-order chi connectivity index (χ1) is 9.58. The van der Waals surface area contributed by atoms with Crippen LogP contribution in [-0.4, -0.2) is 22.8 Å². The van der Waals surface area contributed by atoms with Crippen molar-refractivity contribution in [1.29, 1.82) is 0 Å². The van der Waals surface area contributed by atoms with Crippen LogP contribution in [0.4, 0.5) is 0 Å². The summed E-state index contributed by atoms with van der Waals surface area (Å²) in [5, 5.41) is 11.5. The molecule has 104 valence electrons. The van der Waals surface area contributed by atoms with Gasteiger partial charge in [-0.1, -0.05) is 43.3 Å². The molecule has 2 rings (SSSR count). The summed E-state index contributed by atoms with van der Waals surface area (Å²) in [7, 11) is 0. The summed E-state index contributed by atoms with van der Waals surface area (Å²) in [6.45, 7) is 2.00. The van der Waals surface area contributed by atoms with E-state index < -0.39 is 11.8 Å². The van der Waals surface area contributed by atoms with Gasteiger partial charge in [0.1, 0.15) is 0 Å². The summed E-state index contributed by atoms with van der Waals surface area (Å²) in [4.78, 5) is 23.3. The second kappa shape index (κ2) is 6.81. The number of carbonyl (C=O) groups excluding carboxylic acids is 2. The van der Waals surface area contributed by atoms with E-state index in [1.54, 1.807) is 6.08 Å². The van der Waals surface area contributed by atoms with Crippen LogP contribution in [0, 0.1) is 0 Å². The molecule has 1 saturated heterocycles. The van der Waals surface area contributed by atoms with Gasteiger partial charge in [-0.2, -0.15) is 0 Å². The Bertz CT molecular complexity index is 576. The van der Waals surface area contributed by atoms with Crippen LogP contribution in [0.15, 0.2) is 46.2 Å². The van der Waals surface area contributed by atoms with Gasteiger partial charge in [0.2, 0.25) is 0 Å². The average Bonchev–Trinajstić information content (AvgIpc) is 2.83. The fourth-order valence-electron chi connectivity index (χ4n) is 1.68. The molecule has 1 fully saturated rings. The van der Waals surface area contributed by atoms with Crippen molar-refractivity contribution < 1.29 is 14.7 Å². The highest BCUT2D eigenvalue weighted by Crippen LogP contribution is 2.43. The third-order valence-corrected chi connectivity index (χ3v) is 5.61. The molecule has 0 N–H and O–H groups in total. The summed E-state index contributed by atoms with van der Waals surface area (Å²) in [5.74, 6) is -1.11. The van der Waals surface area contributed by atoms with Gasteiger partial charge in [0.25, 0.3) is 0 Å². The average molecular weight is 305 g/mol. The van der Waals surface area contributed by atoms with Gasteiger partial charge in [0, 0.05) is 11.0 Å². The van der Waals surface area contributed by atoms with Gasteiger partial charge >= 0.3 is 0 Å². The monoisotopic (exact) mass is 305 g/mol. The van der Waals surface area contributed by atoms with Gasteiger partial charge < -0.3 is 9.90 Å². The number of aliphatic carboxylic acids is 1. The number of ketones is 1. The quantitative estimate of drug-likeness (QED) is 0.484. The molecule has 0 spiro atoms. The molecule has 1 heterocycles. The normalized spacial score (nSPS) is 21.1. The zero-order valence-corrected chi connectivity index (χ0v) is 12.5. The number of thioether (sulfide) groups is 2. The number of carboxylic acids is 1. The number of allylic oxidation sites excluding steroid dienone is 1. The molecular formula is C15H13O3S2-. The lowest BCUT2D eigenvalue weighted by Crippen LogP contribution is -2.28. The minimum Gasteiger partial charge on any atom is -0.545 e. The Morgan fingerprint density at radius 3 is 2.55 bits per heavy atom. The molecule has 0 unspecified atom stereocenters. The Kier molecular flexibility index (Phi) is 5.09. The van der Waals surface area contributed by atoms with Crippen molar-refractivity contribution in [3.05, 3.63) is 51.8 Å². The predicted octanol–water partition coefficient (Wildman–Crippen LogP) is 2.10. The number of hydrogen-bond acceptors (Lipinski definition) is 5. The van der Waals surface area contributed by atoms with Gasteiger partial charge in [-0.3, -0.25) is 4.79 Å². The van der Waals surface area contributed by atoms with Crippen molar-refractivity contribution in [3.63, 3.8) is 0 Å². The van der Waals surface area contributed by atoms with Crippen LogP contribution in [0.5, 0.6) is 0 Å². The predicted molar refractivity (Wildman–Crippen MR) is 82.0 cm³/mol. The number of benzene rings is 1. The zero-order valence-electron chi connectivity index (χ0n) is 10.9. The first-order valence-corrected chi connectivity index (χ1v) is 7.97. The lowest BCUT2D eigenvalue weighted by Gasteiger charge is -2.08. The Morgan fingerprint density at radius 2 is 2.00 bits per heavy atom. The SMILES string of the molecule is C[C@@H]1CS/C(=C(\C(=O)[O-])C(=O)/C=C/c2ccccc2)S1. The number of hydrogen-bond donors (Lipinski definition) is 0. The first-order valence-electron chi connectivity index (χ1n) is 6.10. The van der Waals surface area contributed by atoms with Gasteiger partial charge in [-0.25, -0.2) is 0 Å². The summed E-state index contributed by atoms with van der Waals surface area (Å²) in [6.07, 6.45) is 2.90. The fourth-order valence-corrected chi connectivity index (χ4v) is 4.51. The van der Waals surface area contributed by atoms with Crippen molar-refractivity contribution in [2.24, 2.45) is 0 Å². The molecule has 1 aromatic rings. The standard InChI is InChI=1S/C15H14O3S2/c1-10-9-19-15(20-10)13(14(17)18)12(16)8-7-11-5-3-2-4-6-11/h2-8,10H,9H2,1H3,(H,17,18)/p-1/b8-7+,15-13+/t10-/m1/s1. The molecule has 1 aliphatic heterocycles. The van der Waals surface area contributed by atoms with E-state index in [9.17, 15) is 14.7 Å². The fraction of sp³-hybridized carbons (Fsp3) is 0.200. The van der Waals surface area contributed by atoms with E-state index in [4.69, 9.17) is 0 Å². The number of carbonyl (C=O) groups is 2. The highest BCUT2D eigenvalue weighted by molar-refractivity contribution is 8.25. The van der Waals surface area contributed by atoms with Crippen LogP contribution in [0.2, 0.25) is 0 Å². The minimum absolute atomic E-state index is 0.225. The molecule has 5 heteroatoms. The van der Waals surface area contributed by atoms with Gasteiger partial charge in [0.05, 0.1) is 15.8 Å². The Labute approximate surface area is 126 Å². The molecule has 1 aromatic carbocycles. The molecule has 20 heavy (non-hydrogen) atoms. The molecule has 1 atom stereocenters. The maximum Gasteiger partial charge on any atom is 0.189 e. The molecule has 3 nitrogen and oxygen atoms in total. The summed E-state index contributed by atoms with van der Waals surface area (Å²) < 4.78 is 0.556. The van der Waals surface area contributed by atoms with Crippen molar-refractivity contribution in [2.45, 2.75) is 12.2 Å². The number of carboxylic acid groups (broad SMARTS) is 1. The van der Waals surface area contributed by atoms with Crippen molar-refractivity contribution >= 4 is 41.4 Å². The maximum atomic E-state index is 12.1. The molecular weight excluding hydrogens is 292 g/mol. The third-order valence-electron chi connectivity index (χ3n) is 2.64. The zero-order chi connectivity index (χ0) is 14.5. The highest BCUT2D eigenvalue weighted by atomic mass is 32.2. The van der Waals surface area contributed by atoms with E-state index in [-0.39, 0.29) is 5.57 Å². The second-order valence-corrected chi connectivity index (χ2v) is 7.04. The van der Waals surface area contributed by atoms with Crippen molar-refractivity contribution in [1.82, 2.24) is 0 Å². The number of rotatable bonds is 4. The van der Waals surface area contributed by atoms with Crippen LogP contribution >= 0.6 is 23.5 Å². The van der Waals surface area contributed by atoms with E-state index in [0.29, 0.717) is 9.49 Å². The van der Waals surface area contributed by atoms with Crippen LogP contribution < -0.4 is 5.11 Å². The molecule has 0 saturated carbocycles. The van der Waals surface area contributed by atoms with E-state index in [1.165, 1.54) is 29.6 Å². The van der Waals surface area contributed by atoms with E-state index in [2.05, 4.69) is 0 Å². The molecule has 1 aliphatic rings. The minimum atomic E-state index is -1.41. The van der Waals surface area contributed by atoms with Crippen molar-refractivity contribution in [2.75, 3.05) is 5.75 Å². The van der Waals surface area contributed by atoms with Gasteiger partial charge in [-0.05, 0) is 11.6 Å². The largest absolute Gasteiger partial charge is 0.545 e. The topological polar surface area (TPSA) is 57.2 Å². The smallest absolute Gasteiger partial charge is 0.189 e. The lowest BCUT2D eigenvalue weighted by atomic mass is 10.1. The van der Waals surface area contributed by atoms with E-state index in [1.807, 2.05) is 37.3 Å². The van der Waals surface area contributed by atoms with Crippen LogP contribution in [0.1, 0.15) is 12.5 Å². The van der Waals surface area contributed by atoms with E-state index in [0.717, 1.165) is 11.3 Å². The Morgan fingerprint density at radius 1 is 1.30 bits per heavy atom. The Hall–Kier alpha value is -1.46. The summed E-state index contributed by atoms with van der Waals surface area (Å²) >= 11 is 2.82. The first kappa shape index (κ1) is 14.9. The van der Waals surface area contributed by atoms with Gasteiger partial charge in [0.15, 0.2) is 5.78 Å². The highest BCUT2D eigenvalue weighted by Gasteiger charge is 2.23. The van der Waals surface area contributed by atoms with E-state index >= 15 is 0 Å². The van der Waals surface area contributed by atoms with Gasteiger partial charge in [-0.15, -0.1) is 23.5 Å². The third kappa shape index (κ3) is 3.77. The maximum absolute atomic E-state index is 12.1. The molecule has 0 amide bonds. The van der Waals surface area contributed by atoms with Crippen LogP contribution in [-0.2, 0) is 9.59 Å². The lowest BCUT2D eigenvalue weighted by molar-refractivity contribution is -0.298. The molecule has 0 aliphatic carbocycles. The van der Waals surface area contributed by atoms with Crippen LogP contribution in [0.25, 0.3) is 6.08 Å². The van der Waals surface area contributed by atoms with Crippen LogP contribution in [0.3, 0.4) is 0 Å². The second-order valence-electron chi connectivity index (χ2n) is 4.30. The molecule has 0 aromatic heterocycles.